The Balaban J connectivity index is 1.73. The van der Waals surface area contributed by atoms with Crippen molar-refractivity contribution in [2.75, 3.05) is 24.6 Å². The molecule has 0 saturated carbocycles. The van der Waals surface area contributed by atoms with Gasteiger partial charge in [0.05, 0.1) is 18.0 Å². The standard InChI is InChI=1S/C22H28N4O3/c1-4-25(5-2)20(21-12-9-13-29-21)15-23-22(28)18-14-19(16(3)27)26(24-18)17-10-7-6-8-11-17/h6-13,19-20H,4-5,14-15H2,1-3H3,(H,23,28). The summed E-state index contributed by atoms with van der Waals surface area (Å²) in [6.07, 6.45) is 1.94. The zero-order chi connectivity index (χ0) is 20.8. The second kappa shape index (κ2) is 9.52. The number of ketones is 1. The predicted molar refractivity (Wildman–Crippen MR) is 113 cm³/mol. The van der Waals surface area contributed by atoms with Gasteiger partial charge in [0.1, 0.15) is 17.5 Å². The lowest BCUT2D eigenvalue weighted by Crippen LogP contribution is -2.40. The maximum Gasteiger partial charge on any atom is 0.267 e. The third kappa shape index (κ3) is 4.74. The summed E-state index contributed by atoms with van der Waals surface area (Å²) in [4.78, 5) is 27.2. The number of hydrogen-bond donors (Lipinski definition) is 1. The number of Topliss-reactive ketones (excluding diaryl/α,β-unsaturated/α-hetero) is 1. The van der Waals surface area contributed by atoms with Crippen LogP contribution in [0.5, 0.6) is 0 Å². The lowest BCUT2D eigenvalue weighted by atomic mass is 10.1. The van der Waals surface area contributed by atoms with Crippen molar-refractivity contribution in [3.63, 3.8) is 0 Å². The van der Waals surface area contributed by atoms with E-state index in [4.69, 9.17) is 4.42 Å². The molecule has 2 heterocycles. The summed E-state index contributed by atoms with van der Waals surface area (Å²) >= 11 is 0. The monoisotopic (exact) mass is 396 g/mol. The van der Waals surface area contributed by atoms with E-state index in [-0.39, 0.29) is 17.7 Å². The molecular weight excluding hydrogens is 368 g/mol. The van der Waals surface area contributed by atoms with E-state index in [0.717, 1.165) is 24.5 Å². The summed E-state index contributed by atoms with van der Waals surface area (Å²) in [5.41, 5.74) is 1.17. The summed E-state index contributed by atoms with van der Waals surface area (Å²) < 4.78 is 5.59. The number of anilines is 1. The molecule has 0 fully saturated rings. The topological polar surface area (TPSA) is 78.2 Å². The quantitative estimate of drug-likeness (QED) is 0.705. The number of carbonyl (C=O) groups excluding carboxylic acids is 2. The van der Waals surface area contributed by atoms with Gasteiger partial charge < -0.3 is 9.73 Å². The van der Waals surface area contributed by atoms with Gasteiger partial charge in [-0.3, -0.25) is 19.5 Å². The molecule has 1 N–H and O–H groups in total. The van der Waals surface area contributed by atoms with E-state index in [1.54, 1.807) is 11.3 Å². The Morgan fingerprint density at radius 2 is 1.93 bits per heavy atom. The van der Waals surface area contributed by atoms with Gasteiger partial charge in [-0.25, -0.2) is 0 Å². The lowest BCUT2D eigenvalue weighted by molar-refractivity contribution is -0.118. The highest BCUT2D eigenvalue weighted by Gasteiger charge is 2.34. The Bertz CT molecular complexity index is 844. The Morgan fingerprint density at radius 3 is 2.52 bits per heavy atom. The molecule has 1 amide bonds. The van der Waals surface area contributed by atoms with Gasteiger partial charge in [-0.2, -0.15) is 5.10 Å². The fourth-order valence-electron chi connectivity index (χ4n) is 3.63. The Morgan fingerprint density at radius 1 is 1.21 bits per heavy atom. The SMILES string of the molecule is CCN(CC)C(CNC(=O)C1=NN(c2ccccc2)C(C(C)=O)C1)c1ccco1. The summed E-state index contributed by atoms with van der Waals surface area (Å²) in [7, 11) is 0. The van der Waals surface area contributed by atoms with Gasteiger partial charge in [-0.1, -0.05) is 32.0 Å². The maximum atomic E-state index is 12.8. The van der Waals surface area contributed by atoms with Crippen LogP contribution in [0.15, 0.2) is 58.2 Å². The molecule has 3 rings (SSSR count). The number of benzene rings is 1. The predicted octanol–water partition coefficient (Wildman–Crippen LogP) is 3.00. The Kier molecular flexibility index (Phi) is 6.82. The van der Waals surface area contributed by atoms with Crippen LogP contribution in [0.3, 0.4) is 0 Å². The number of nitrogens with zero attached hydrogens (tertiary/aromatic N) is 3. The van der Waals surface area contributed by atoms with Crippen LogP contribution in [0.2, 0.25) is 0 Å². The van der Waals surface area contributed by atoms with E-state index in [0.29, 0.717) is 18.7 Å². The molecule has 2 unspecified atom stereocenters. The highest BCUT2D eigenvalue weighted by molar-refractivity contribution is 6.40. The summed E-state index contributed by atoms with van der Waals surface area (Å²) in [5, 5.41) is 9.10. The number of hydrazone groups is 1. The molecular formula is C22H28N4O3. The smallest absolute Gasteiger partial charge is 0.267 e. The minimum Gasteiger partial charge on any atom is -0.468 e. The molecule has 0 aliphatic carbocycles. The lowest BCUT2D eigenvalue weighted by Gasteiger charge is -2.28. The highest BCUT2D eigenvalue weighted by atomic mass is 16.3. The van der Waals surface area contributed by atoms with Crippen molar-refractivity contribution >= 4 is 23.1 Å². The Labute approximate surface area is 171 Å². The van der Waals surface area contributed by atoms with Gasteiger partial charge >= 0.3 is 0 Å². The van der Waals surface area contributed by atoms with Crippen LogP contribution in [0.4, 0.5) is 5.69 Å². The van der Waals surface area contributed by atoms with Crippen LogP contribution in [0.25, 0.3) is 0 Å². The second-order valence-corrected chi connectivity index (χ2v) is 7.02. The molecule has 1 aromatic heterocycles. The highest BCUT2D eigenvalue weighted by Crippen LogP contribution is 2.25. The van der Waals surface area contributed by atoms with Gasteiger partial charge in [-0.05, 0) is 44.3 Å². The average molecular weight is 396 g/mol. The van der Waals surface area contributed by atoms with Gasteiger partial charge in [0.25, 0.3) is 5.91 Å². The van der Waals surface area contributed by atoms with Crippen LogP contribution < -0.4 is 10.3 Å². The van der Waals surface area contributed by atoms with Crippen molar-refractivity contribution in [1.29, 1.82) is 0 Å². The first-order chi connectivity index (χ1) is 14.0. The van der Waals surface area contributed by atoms with Crippen LogP contribution in [-0.4, -0.2) is 48.0 Å². The van der Waals surface area contributed by atoms with E-state index in [1.165, 1.54) is 6.92 Å². The van der Waals surface area contributed by atoms with E-state index < -0.39 is 6.04 Å². The van der Waals surface area contributed by atoms with Crippen molar-refractivity contribution in [3.8, 4) is 0 Å². The number of nitrogens with one attached hydrogen (secondary N) is 1. The minimum atomic E-state index is -0.457. The first kappa shape index (κ1) is 20.8. The molecule has 1 aliphatic heterocycles. The van der Waals surface area contributed by atoms with Gasteiger partial charge in [0.2, 0.25) is 0 Å². The molecule has 1 aliphatic rings. The number of likely N-dealkylation sites (N-methyl/N-ethyl adjacent to an activating group) is 1. The zero-order valence-electron chi connectivity index (χ0n) is 17.2. The molecule has 1 aromatic carbocycles. The first-order valence-corrected chi connectivity index (χ1v) is 10.0. The van der Waals surface area contributed by atoms with Crippen molar-refractivity contribution < 1.29 is 14.0 Å². The van der Waals surface area contributed by atoms with Crippen molar-refractivity contribution in [2.45, 2.75) is 39.3 Å². The molecule has 0 bridgehead atoms. The summed E-state index contributed by atoms with van der Waals surface area (Å²) in [5.74, 6) is 0.547. The molecule has 2 aromatic rings. The molecule has 29 heavy (non-hydrogen) atoms. The molecule has 7 nitrogen and oxygen atoms in total. The second-order valence-electron chi connectivity index (χ2n) is 7.02. The molecule has 7 heteroatoms. The molecule has 0 radical (unpaired) electrons. The molecule has 0 saturated heterocycles. The normalized spacial score (nSPS) is 17.3. The van der Waals surface area contributed by atoms with E-state index in [1.807, 2.05) is 42.5 Å². The fourth-order valence-corrected chi connectivity index (χ4v) is 3.63. The van der Waals surface area contributed by atoms with Crippen LogP contribution >= 0.6 is 0 Å². The fraction of sp³-hybridized carbons (Fsp3) is 0.409. The average Bonchev–Trinajstić information content (AvgIpc) is 3.42. The van der Waals surface area contributed by atoms with Crippen LogP contribution in [0.1, 0.15) is 39.0 Å². The summed E-state index contributed by atoms with van der Waals surface area (Å²) in [6, 6.07) is 12.7. The van der Waals surface area contributed by atoms with Crippen LogP contribution in [-0.2, 0) is 9.59 Å². The van der Waals surface area contributed by atoms with E-state index in [2.05, 4.69) is 29.2 Å². The number of furan rings is 1. The van der Waals surface area contributed by atoms with Crippen LogP contribution in [0, 0.1) is 0 Å². The molecule has 2 atom stereocenters. The number of para-hydroxylation sites is 1. The number of rotatable bonds is 9. The van der Waals surface area contributed by atoms with Crippen molar-refractivity contribution in [3.05, 3.63) is 54.5 Å². The first-order valence-electron chi connectivity index (χ1n) is 10.0. The zero-order valence-corrected chi connectivity index (χ0v) is 17.2. The van der Waals surface area contributed by atoms with E-state index in [9.17, 15) is 9.59 Å². The maximum absolute atomic E-state index is 12.8. The van der Waals surface area contributed by atoms with E-state index >= 15 is 0 Å². The number of carbonyl (C=O) groups is 2. The third-order valence-electron chi connectivity index (χ3n) is 5.24. The van der Waals surface area contributed by atoms with Crippen molar-refractivity contribution in [1.82, 2.24) is 10.2 Å². The largest absolute Gasteiger partial charge is 0.468 e. The van der Waals surface area contributed by atoms with Gasteiger partial charge in [0.15, 0.2) is 5.78 Å². The summed E-state index contributed by atoms with van der Waals surface area (Å²) in [6.45, 7) is 7.78. The Hall–Kier alpha value is -2.93. The van der Waals surface area contributed by atoms with Gasteiger partial charge in [0, 0.05) is 13.0 Å². The van der Waals surface area contributed by atoms with Gasteiger partial charge in [-0.15, -0.1) is 0 Å². The number of hydrogen-bond acceptors (Lipinski definition) is 6. The molecule has 154 valence electrons. The number of amides is 1. The minimum absolute atomic E-state index is 0.0167. The van der Waals surface area contributed by atoms with Crippen molar-refractivity contribution in [2.24, 2.45) is 5.10 Å². The third-order valence-corrected chi connectivity index (χ3v) is 5.24. The molecule has 0 spiro atoms.